The van der Waals surface area contributed by atoms with Crippen molar-refractivity contribution in [2.24, 2.45) is 11.3 Å². The van der Waals surface area contributed by atoms with Crippen molar-refractivity contribution >= 4 is 22.8 Å². The lowest BCUT2D eigenvalue weighted by Crippen LogP contribution is -2.49. The van der Waals surface area contributed by atoms with Gasteiger partial charge in [0, 0.05) is 39.0 Å². The Hall–Kier alpha value is -3.74. The van der Waals surface area contributed by atoms with Crippen molar-refractivity contribution in [1.29, 1.82) is 0 Å². The highest BCUT2D eigenvalue weighted by Gasteiger charge is 2.27. The number of piperazine rings is 1. The minimum atomic E-state index is 0.235. The predicted octanol–water partition coefficient (Wildman–Crippen LogP) is 5.52. The minimum absolute atomic E-state index is 0.235. The number of hydrogen-bond donors (Lipinski definition) is 0. The molecule has 4 aromatic rings. The maximum Gasteiger partial charge on any atom is 0.222 e. The van der Waals surface area contributed by atoms with E-state index in [0.717, 1.165) is 47.9 Å². The molecule has 0 aliphatic carbocycles. The summed E-state index contributed by atoms with van der Waals surface area (Å²) in [6, 6.07) is 20.4. The standard InChI is InChI=1S/C31H38N6O/c1-23(21-31(2,3)4)19-28(38)35-15-17-36(18-16-35)29-26-22-32-37(25-13-9-6-10-14-25)30(26)34-27(33-29)20-24-11-7-5-8-12-24/h5-14,22-23H,15-21H2,1-4H3. The smallest absolute Gasteiger partial charge is 0.222 e. The molecule has 3 heterocycles. The van der Waals surface area contributed by atoms with Crippen LogP contribution in [0.15, 0.2) is 66.9 Å². The second-order valence-corrected chi connectivity index (χ2v) is 11.7. The number of anilines is 1. The quantitative estimate of drug-likeness (QED) is 0.328. The Morgan fingerprint density at radius 3 is 2.24 bits per heavy atom. The molecule has 7 heteroatoms. The highest BCUT2D eigenvalue weighted by atomic mass is 16.2. The Kier molecular flexibility index (Phi) is 7.45. The first-order valence-electron chi connectivity index (χ1n) is 13.6. The normalized spacial score (nSPS) is 15.2. The third-order valence-electron chi connectivity index (χ3n) is 7.08. The van der Waals surface area contributed by atoms with E-state index < -0.39 is 0 Å². The first kappa shape index (κ1) is 25.9. The highest BCUT2D eigenvalue weighted by molar-refractivity contribution is 5.88. The number of fused-ring (bicyclic) bond motifs is 1. The fourth-order valence-corrected chi connectivity index (χ4v) is 5.51. The van der Waals surface area contributed by atoms with E-state index in [4.69, 9.17) is 15.1 Å². The zero-order chi connectivity index (χ0) is 26.7. The topological polar surface area (TPSA) is 67.2 Å². The average molecular weight is 511 g/mol. The number of hydrogen-bond acceptors (Lipinski definition) is 5. The number of aromatic nitrogens is 4. The van der Waals surface area contributed by atoms with E-state index in [9.17, 15) is 4.79 Å². The van der Waals surface area contributed by atoms with Gasteiger partial charge < -0.3 is 9.80 Å². The SMILES string of the molecule is CC(CC(=O)N1CCN(c2nc(Cc3ccccc3)nc3c2cnn3-c2ccccc2)CC1)CC(C)(C)C. The van der Waals surface area contributed by atoms with Crippen LogP contribution in [-0.2, 0) is 11.2 Å². The van der Waals surface area contributed by atoms with E-state index in [1.54, 1.807) is 0 Å². The van der Waals surface area contributed by atoms with Gasteiger partial charge in [-0.05, 0) is 35.4 Å². The van der Waals surface area contributed by atoms with Crippen molar-refractivity contribution in [3.63, 3.8) is 0 Å². The number of carbonyl (C=O) groups excluding carboxylic acids is 1. The Morgan fingerprint density at radius 2 is 1.58 bits per heavy atom. The summed E-state index contributed by atoms with van der Waals surface area (Å²) in [5.41, 5.74) is 3.18. The summed E-state index contributed by atoms with van der Waals surface area (Å²) < 4.78 is 1.89. The summed E-state index contributed by atoms with van der Waals surface area (Å²) in [5.74, 6) is 2.31. The van der Waals surface area contributed by atoms with Crippen LogP contribution in [0.5, 0.6) is 0 Å². The van der Waals surface area contributed by atoms with Gasteiger partial charge in [0.05, 0.1) is 17.3 Å². The van der Waals surface area contributed by atoms with Crippen LogP contribution in [-0.4, -0.2) is 56.7 Å². The molecule has 1 aliphatic heterocycles. The maximum absolute atomic E-state index is 13.0. The van der Waals surface area contributed by atoms with Gasteiger partial charge >= 0.3 is 0 Å². The molecule has 1 amide bonds. The van der Waals surface area contributed by atoms with Gasteiger partial charge in [0.15, 0.2) is 5.65 Å². The van der Waals surface area contributed by atoms with E-state index in [-0.39, 0.29) is 11.3 Å². The van der Waals surface area contributed by atoms with Crippen LogP contribution in [0.4, 0.5) is 5.82 Å². The largest absolute Gasteiger partial charge is 0.352 e. The zero-order valence-electron chi connectivity index (χ0n) is 23.0. The van der Waals surface area contributed by atoms with Crippen LogP contribution in [0.3, 0.4) is 0 Å². The van der Waals surface area contributed by atoms with Gasteiger partial charge in [0.2, 0.25) is 5.91 Å². The molecule has 0 saturated carbocycles. The summed E-state index contributed by atoms with van der Waals surface area (Å²) in [7, 11) is 0. The third-order valence-corrected chi connectivity index (χ3v) is 7.08. The molecular formula is C31H38N6O. The van der Waals surface area contributed by atoms with Gasteiger partial charge in [-0.3, -0.25) is 4.79 Å². The predicted molar refractivity (Wildman–Crippen MR) is 153 cm³/mol. The van der Waals surface area contributed by atoms with Crippen LogP contribution in [0, 0.1) is 11.3 Å². The summed E-state index contributed by atoms with van der Waals surface area (Å²) in [6.07, 6.45) is 4.18. The van der Waals surface area contributed by atoms with Crippen LogP contribution in [0.25, 0.3) is 16.7 Å². The molecule has 2 aromatic heterocycles. The second-order valence-electron chi connectivity index (χ2n) is 11.7. The molecule has 5 rings (SSSR count). The molecular weight excluding hydrogens is 472 g/mol. The molecule has 38 heavy (non-hydrogen) atoms. The molecule has 1 fully saturated rings. The molecule has 198 valence electrons. The summed E-state index contributed by atoms with van der Waals surface area (Å²) in [5, 5.41) is 5.63. The molecule has 0 N–H and O–H groups in total. The van der Waals surface area contributed by atoms with Gasteiger partial charge in [0.1, 0.15) is 11.6 Å². The molecule has 1 atom stereocenters. The zero-order valence-corrected chi connectivity index (χ0v) is 23.0. The van der Waals surface area contributed by atoms with Crippen LogP contribution in [0.1, 0.15) is 51.9 Å². The number of rotatable bonds is 7. The third kappa shape index (κ3) is 6.04. The minimum Gasteiger partial charge on any atom is -0.352 e. The molecule has 1 saturated heterocycles. The molecule has 0 radical (unpaired) electrons. The summed E-state index contributed by atoms with van der Waals surface area (Å²) in [6.45, 7) is 11.8. The van der Waals surface area contributed by atoms with Crippen LogP contribution in [0.2, 0.25) is 0 Å². The first-order valence-corrected chi connectivity index (χ1v) is 13.6. The van der Waals surface area contributed by atoms with E-state index in [1.165, 1.54) is 5.56 Å². The van der Waals surface area contributed by atoms with Crippen molar-refractivity contribution in [3.8, 4) is 5.69 Å². The van der Waals surface area contributed by atoms with Gasteiger partial charge in [0.25, 0.3) is 0 Å². The Morgan fingerprint density at radius 1 is 0.921 bits per heavy atom. The number of para-hydroxylation sites is 1. The Balaban J connectivity index is 1.39. The summed E-state index contributed by atoms with van der Waals surface area (Å²) in [4.78, 5) is 27.4. The van der Waals surface area contributed by atoms with Crippen molar-refractivity contribution < 1.29 is 4.79 Å². The monoisotopic (exact) mass is 510 g/mol. The van der Waals surface area contributed by atoms with Crippen LogP contribution < -0.4 is 4.90 Å². The van der Waals surface area contributed by atoms with Crippen molar-refractivity contribution in [1.82, 2.24) is 24.6 Å². The number of benzene rings is 2. The molecule has 1 aliphatic rings. The first-order chi connectivity index (χ1) is 18.3. The molecule has 2 aromatic carbocycles. The molecule has 7 nitrogen and oxygen atoms in total. The highest BCUT2D eigenvalue weighted by Crippen LogP contribution is 2.29. The lowest BCUT2D eigenvalue weighted by Gasteiger charge is -2.36. The molecule has 1 unspecified atom stereocenters. The molecule has 0 spiro atoms. The van der Waals surface area contributed by atoms with Crippen molar-refractivity contribution in [3.05, 3.63) is 78.2 Å². The van der Waals surface area contributed by atoms with Gasteiger partial charge in [-0.25, -0.2) is 14.6 Å². The van der Waals surface area contributed by atoms with E-state index >= 15 is 0 Å². The van der Waals surface area contributed by atoms with Gasteiger partial charge in [-0.15, -0.1) is 0 Å². The van der Waals surface area contributed by atoms with Crippen molar-refractivity contribution in [2.75, 3.05) is 31.1 Å². The lowest BCUT2D eigenvalue weighted by atomic mass is 9.84. The fourth-order valence-electron chi connectivity index (χ4n) is 5.51. The Bertz CT molecular complexity index is 1370. The van der Waals surface area contributed by atoms with E-state index in [1.807, 2.05) is 64.3 Å². The maximum atomic E-state index is 13.0. The second kappa shape index (κ2) is 10.9. The fraction of sp³-hybridized carbons (Fsp3) is 0.419. The van der Waals surface area contributed by atoms with E-state index in [0.29, 0.717) is 31.8 Å². The van der Waals surface area contributed by atoms with E-state index in [2.05, 4.69) is 44.7 Å². The lowest BCUT2D eigenvalue weighted by molar-refractivity contribution is -0.132. The molecule has 0 bridgehead atoms. The van der Waals surface area contributed by atoms with Gasteiger partial charge in [-0.1, -0.05) is 76.2 Å². The van der Waals surface area contributed by atoms with Crippen LogP contribution >= 0.6 is 0 Å². The average Bonchev–Trinajstić information content (AvgIpc) is 3.32. The Labute approximate surface area is 225 Å². The van der Waals surface area contributed by atoms with Gasteiger partial charge in [-0.2, -0.15) is 5.10 Å². The number of amides is 1. The number of nitrogens with zero attached hydrogens (tertiary/aromatic N) is 6. The summed E-state index contributed by atoms with van der Waals surface area (Å²) >= 11 is 0. The number of carbonyl (C=O) groups is 1. The van der Waals surface area contributed by atoms with Crippen molar-refractivity contribution in [2.45, 2.75) is 47.0 Å².